The SMILES string of the molecule is Nc1cccc2oc(N(CC(F)(F)F)C3CC3)nc12. The molecule has 4 nitrogen and oxygen atoms in total. The van der Waals surface area contributed by atoms with Gasteiger partial charge in [0.1, 0.15) is 12.1 Å². The first-order valence-electron chi connectivity index (χ1n) is 5.92. The van der Waals surface area contributed by atoms with Gasteiger partial charge in [-0.05, 0) is 25.0 Å². The minimum atomic E-state index is -4.28. The number of anilines is 2. The molecule has 0 spiro atoms. The molecule has 102 valence electrons. The molecule has 19 heavy (non-hydrogen) atoms. The third kappa shape index (κ3) is 2.45. The number of aromatic nitrogens is 1. The number of para-hydroxylation sites is 1. The molecule has 1 heterocycles. The predicted octanol–water partition coefficient (Wildman–Crippen LogP) is 2.94. The molecule has 2 N–H and O–H groups in total. The van der Waals surface area contributed by atoms with Gasteiger partial charge in [-0.3, -0.25) is 0 Å². The zero-order chi connectivity index (χ0) is 13.6. The number of halogens is 3. The maximum absolute atomic E-state index is 12.6. The van der Waals surface area contributed by atoms with Crippen LogP contribution >= 0.6 is 0 Å². The lowest BCUT2D eigenvalue weighted by Gasteiger charge is -2.21. The molecule has 0 unspecified atom stereocenters. The monoisotopic (exact) mass is 271 g/mol. The van der Waals surface area contributed by atoms with Gasteiger partial charge in [0.15, 0.2) is 5.58 Å². The number of nitrogens with zero attached hydrogens (tertiary/aromatic N) is 2. The fraction of sp³-hybridized carbons (Fsp3) is 0.417. The Kier molecular flexibility index (Phi) is 2.58. The number of benzene rings is 1. The first-order valence-corrected chi connectivity index (χ1v) is 5.92. The lowest BCUT2D eigenvalue weighted by Crippen LogP contribution is -2.36. The van der Waals surface area contributed by atoms with Crippen molar-refractivity contribution in [3.05, 3.63) is 18.2 Å². The Morgan fingerprint density at radius 3 is 2.68 bits per heavy atom. The van der Waals surface area contributed by atoms with E-state index in [1.807, 2.05) is 0 Å². The molecule has 1 aromatic carbocycles. The number of fused-ring (bicyclic) bond motifs is 1. The normalized spacial score (nSPS) is 15.9. The van der Waals surface area contributed by atoms with Crippen molar-refractivity contribution in [1.29, 1.82) is 0 Å². The first-order chi connectivity index (χ1) is 8.94. The lowest BCUT2D eigenvalue weighted by atomic mass is 10.3. The van der Waals surface area contributed by atoms with Gasteiger partial charge in [0, 0.05) is 6.04 Å². The van der Waals surface area contributed by atoms with Crippen molar-refractivity contribution in [3.8, 4) is 0 Å². The predicted molar refractivity (Wildman–Crippen MR) is 64.8 cm³/mol. The van der Waals surface area contributed by atoms with E-state index < -0.39 is 12.7 Å². The highest BCUT2D eigenvalue weighted by atomic mass is 19.4. The third-order valence-corrected chi connectivity index (χ3v) is 3.02. The molecule has 0 amide bonds. The number of rotatable bonds is 3. The Labute approximate surface area is 107 Å². The maximum Gasteiger partial charge on any atom is 0.406 e. The van der Waals surface area contributed by atoms with Crippen LogP contribution in [0.1, 0.15) is 12.8 Å². The molecule has 3 rings (SSSR count). The average molecular weight is 271 g/mol. The molecule has 1 fully saturated rings. The van der Waals surface area contributed by atoms with Gasteiger partial charge in [-0.15, -0.1) is 0 Å². The summed E-state index contributed by atoms with van der Waals surface area (Å²) in [6, 6.07) is 4.81. The van der Waals surface area contributed by atoms with Crippen molar-refractivity contribution in [1.82, 2.24) is 4.98 Å². The number of oxazole rings is 1. The summed E-state index contributed by atoms with van der Waals surface area (Å²) in [5.41, 5.74) is 6.94. The first kappa shape index (κ1) is 12.1. The topological polar surface area (TPSA) is 55.3 Å². The van der Waals surface area contributed by atoms with Crippen LogP contribution in [-0.2, 0) is 0 Å². The van der Waals surface area contributed by atoms with Gasteiger partial charge in [0.2, 0.25) is 0 Å². The zero-order valence-electron chi connectivity index (χ0n) is 9.94. The minimum absolute atomic E-state index is 0.00674. The van der Waals surface area contributed by atoms with Gasteiger partial charge in [-0.25, -0.2) is 0 Å². The molecular formula is C12H12F3N3O. The Morgan fingerprint density at radius 2 is 2.11 bits per heavy atom. The van der Waals surface area contributed by atoms with Crippen LogP contribution in [0.4, 0.5) is 24.9 Å². The largest absolute Gasteiger partial charge is 0.423 e. The highest BCUT2D eigenvalue weighted by Crippen LogP contribution is 2.36. The quantitative estimate of drug-likeness (QED) is 0.872. The van der Waals surface area contributed by atoms with Crippen molar-refractivity contribution in [2.24, 2.45) is 0 Å². The lowest BCUT2D eigenvalue weighted by molar-refractivity contribution is -0.120. The Bertz CT molecular complexity index is 604. The number of hydrogen-bond acceptors (Lipinski definition) is 4. The number of hydrogen-bond donors (Lipinski definition) is 1. The van der Waals surface area contributed by atoms with Crippen molar-refractivity contribution in [2.45, 2.75) is 25.1 Å². The Balaban J connectivity index is 1.98. The third-order valence-electron chi connectivity index (χ3n) is 3.02. The number of nitrogen functional groups attached to an aromatic ring is 1. The van der Waals surface area contributed by atoms with E-state index in [2.05, 4.69) is 4.98 Å². The van der Waals surface area contributed by atoms with Crippen molar-refractivity contribution in [2.75, 3.05) is 17.2 Å². The molecule has 0 atom stereocenters. The summed E-state index contributed by atoms with van der Waals surface area (Å²) in [6.07, 6.45) is -2.83. The molecule has 1 aromatic heterocycles. The van der Waals surface area contributed by atoms with E-state index in [-0.39, 0.29) is 12.1 Å². The summed E-state index contributed by atoms with van der Waals surface area (Å²) in [4.78, 5) is 5.26. The van der Waals surface area contributed by atoms with Gasteiger partial charge in [0.05, 0.1) is 5.69 Å². The van der Waals surface area contributed by atoms with E-state index >= 15 is 0 Å². The molecule has 7 heteroatoms. The summed E-state index contributed by atoms with van der Waals surface area (Å²) in [5.74, 6) is 0. The molecule has 1 saturated carbocycles. The molecule has 1 aliphatic carbocycles. The van der Waals surface area contributed by atoms with Crippen LogP contribution in [0.5, 0.6) is 0 Å². The fourth-order valence-electron chi connectivity index (χ4n) is 2.01. The van der Waals surface area contributed by atoms with Crippen molar-refractivity contribution >= 4 is 22.8 Å². The highest BCUT2D eigenvalue weighted by Gasteiger charge is 2.40. The number of alkyl halides is 3. The number of nitrogens with two attached hydrogens (primary N) is 1. The van der Waals surface area contributed by atoms with Crippen LogP contribution in [0.25, 0.3) is 11.1 Å². The van der Waals surface area contributed by atoms with Gasteiger partial charge in [-0.2, -0.15) is 18.2 Å². The molecule has 0 bridgehead atoms. The smallest absolute Gasteiger partial charge is 0.406 e. The summed E-state index contributed by atoms with van der Waals surface area (Å²) in [5, 5.41) is 0. The van der Waals surface area contributed by atoms with E-state index in [0.717, 1.165) is 12.8 Å². The van der Waals surface area contributed by atoms with Crippen molar-refractivity contribution < 1.29 is 17.6 Å². The van der Waals surface area contributed by atoms with Crippen LogP contribution in [0.15, 0.2) is 22.6 Å². The second-order valence-corrected chi connectivity index (χ2v) is 4.66. The van der Waals surface area contributed by atoms with Gasteiger partial charge in [0.25, 0.3) is 6.01 Å². The van der Waals surface area contributed by atoms with Crippen LogP contribution in [0.3, 0.4) is 0 Å². The zero-order valence-corrected chi connectivity index (χ0v) is 9.94. The van der Waals surface area contributed by atoms with Crippen LogP contribution in [0, 0.1) is 0 Å². The molecule has 0 radical (unpaired) electrons. The van der Waals surface area contributed by atoms with E-state index in [1.54, 1.807) is 18.2 Å². The van der Waals surface area contributed by atoms with Crippen LogP contribution < -0.4 is 10.6 Å². The highest BCUT2D eigenvalue weighted by molar-refractivity contribution is 5.86. The van der Waals surface area contributed by atoms with Gasteiger partial charge >= 0.3 is 6.18 Å². The average Bonchev–Trinajstić information content (AvgIpc) is 3.04. The van der Waals surface area contributed by atoms with Gasteiger partial charge in [-0.1, -0.05) is 6.07 Å². The van der Waals surface area contributed by atoms with E-state index in [9.17, 15) is 13.2 Å². The standard InChI is InChI=1S/C12H12F3N3O/c13-12(14,15)6-18(7-4-5-7)11-17-10-8(16)2-1-3-9(10)19-11/h1-3,7H,4-6,16H2. The minimum Gasteiger partial charge on any atom is -0.423 e. The second kappa shape index (κ2) is 4.04. The summed E-state index contributed by atoms with van der Waals surface area (Å²) >= 11 is 0. The Hall–Kier alpha value is -1.92. The Morgan fingerprint density at radius 1 is 1.37 bits per heavy atom. The molecule has 2 aromatic rings. The van der Waals surface area contributed by atoms with Crippen molar-refractivity contribution in [3.63, 3.8) is 0 Å². The molecular weight excluding hydrogens is 259 g/mol. The fourth-order valence-corrected chi connectivity index (χ4v) is 2.01. The van der Waals surface area contributed by atoms with Crippen LogP contribution in [-0.4, -0.2) is 23.7 Å². The van der Waals surface area contributed by atoms with E-state index in [0.29, 0.717) is 16.8 Å². The summed E-state index contributed by atoms with van der Waals surface area (Å²) in [6.45, 7) is -1.05. The van der Waals surface area contributed by atoms with E-state index in [4.69, 9.17) is 10.2 Å². The second-order valence-electron chi connectivity index (χ2n) is 4.66. The molecule has 0 saturated heterocycles. The molecule has 0 aliphatic heterocycles. The summed E-state index contributed by atoms with van der Waals surface area (Å²) < 4.78 is 43.1. The van der Waals surface area contributed by atoms with Crippen LogP contribution in [0.2, 0.25) is 0 Å². The summed E-state index contributed by atoms with van der Waals surface area (Å²) in [7, 11) is 0. The maximum atomic E-state index is 12.6. The molecule has 1 aliphatic rings. The van der Waals surface area contributed by atoms with Gasteiger partial charge < -0.3 is 15.1 Å². The van der Waals surface area contributed by atoms with E-state index in [1.165, 1.54) is 4.90 Å².